The van der Waals surface area contributed by atoms with Crippen LogP contribution in [0.4, 0.5) is 0 Å². The lowest BCUT2D eigenvalue weighted by molar-refractivity contribution is -0.963. The van der Waals surface area contributed by atoms with Crippen LogP contribution in [0.1, 0.15) is 20.8 Å². The van der Waals surface area contributed by atoms with Crippen LogP contribution in [0.15, 0.2) is 0 Å². The highest BCUT2D eigenvalue weighted by Gasteiger charge is 2.55. The molecule has 2 fully saturated rings. The van der Waals surface area contributed by atoms with Gasteiger partial charge in [-0.2, -0.15) is 0 Å². The second-order valence-corrected chi connectivity index (χ2v) is 8.22. The number of likely N-dealkylation sites (N-methyl/N-ethyl adjacent to an activating group) is 1. The first kappa shape index (κ1) is 16.7. The predicted octanol–water partition coefficient (Wildman–Crippen LogP) is -3.12. The zero-order chi connectivity index (χ0) is 13.6. The SMILES string of the molecule is CCN1CC[N+]2(CCS(=O)(=O)CC2)C(C)(C)C1=O.[Cl-]. The Hall–Kier alpha value is -0.330. The molecule has 0 aliphatic carbocycles. The highest BCUT2D eigenvalue weighted by atomic mass is 35.5. The van der Waals surface area contributed by atoms with E-state index in [9.17, 15) is 13.2 Å². The number of carbonyl (C=O) groups excluding carboxylic acids is 1. The molecule has 2 aliphatic rings. The maximum Gasteiger partial charge on any atom is 0.283 e. The summed E-state index contributed by atoms with van der Waals surface area (Å²) in [4.78, 5) is 14.4. The molecular weight excluding hydrogens is 288 g/mol. The zero-order valence-electron chi connectivity index (χ0n) is 11.9. The number of piperazine rings is 1. The number of carbonyl (C=O) groups is 1. The van der Waals surface area contributed by atoms with Crippen molar-refractivity contribution in [1.82, 2.24) is 4.90 Å². The minimum Gasteiger partial charge on any atom is -1.00 e. The summed E-state index contributed by atoms with van der Waals surface area (Å²) >= 11 is 0. The molecule has 19 heavy (non-hydrogen) atoms. The molecule has 0 bridgehead atoms. The van der Waals surface area contributed by atoms with E-state index < -0.39 is 15.4 Å². The van der Waals surface area contributed by atoms with Crippen molar-refractivity contribution < 1.29 is 30.1 Å². The van der Waals surface area contributed by atoms with Crippen molar-refractivity contribution in [3.63, 3.8) is 0 Å². The van der Waals surface area contributed by atoms with E-state index in [0.717, 1.165) is 19.6 Å². The van der Waals surface area contributed by atoms with Gasteiger partial charge in [0.25, 0.3) is 5.91 Å². The predicted molar refractivity (Wildman–Crippen MR) is 69.8 cm³/mol. The van der Waals surface area contributed by atoms with Crippen LogP contribution < -0.4 is 12.4 Å². The molecule has 7 heteroatoms. The molecule has 0 N–H and O–H groups in total. The van der Waals surface area contributed by atoms with Crippen molar-refractivity contribution in [3.05, 3.63) is 0 Å². The lowest BCUT2D eigenvalue weighted by atomic mass is 9.93. The maximum absolute atomic E-state index is 12.5. The van der Waals surface area contributed by atoms with Gasteiger partial charge < -0.3 is 21.8 Å². The number of nitrogens with zero attached hydrogens (tertiary/aromatic N) is 2. The molecular formula is C12H23ClN2O3S. The highest BCUT2D eigenvalue weighted by Crippen LogP contribution is 2.33. The average molecular weight is 311 g/mol. The third-order valence-corrected chi connectivity index (χ3v) is 6.45. The van der Waals surface area contributed by atoms with Crippen LogP contribution >= 0.6 is 0 Å². The number of sulfone groups is 1. The van der Waals surface area contributed by atoms with E-state index in [1.165, 1.54) is 0 Å². The normalized spacial score (nSPS) is 27.9. The van der Waals surface area contributed by atoms with Crippen LogP contribution in [0, 0.1) is 0 Å². The summed E-state index contributed by atoms with van der Waals surface area (Å²) in [6.07, 6.45) is 0. The van der Waals surface area contributed by atoms with Crippen molar-refractivity contribution >= 4 is 15.7 Å². The molecule has 0 unspecified atom stereocenters. The molecule has 2 saturated heterocycles. The number of hydrogen-bond donors (Lipinski definition) is 0. The Kier molecular flexibility index (Phi) is 4.59. The number of hydrogen-bond acceptors (Lipinski definition) is 3. The van der Waals surface area contributed by atoms with E-state index in [0.29, 0.717) is 17.6 Å². The minimum atomic E-state index is -2.89. The Morgan fingerprint density at radius 1 is 1.21 bits per heavy atom. The molecule has 0 aromatic heterocycles. The van der Waals surface area contributed by atoms with Gasteiger partial charge in [-0.15, -0.1) is 0 Å². The molecule has 2 rings (SSSR count). The third-order valence-electron chi connectivity index (χ3n) is 4.84. The Labute approximate surface area is 121 Å². The minimum absolute atomic E-state index is 0. The van der Waals surface area contributed by atoms with Gasteiger partial charge in [-0.3, -0.25) is 4.79 Å². The highest BCUT2D eigenvalue weighted by molar-refractivity contribution is 7.91. The van der Waals surface area contributed by atoms with E-state index in [-0.39, 0.29) is 29.8 Å². The van der Waals surface area contributed by atoms with Gasteiger partial charge in [-0.05, 0) is 20.8 Å². The zero-order valence-corrected chi connectivity index (χ0v) is 13.4. The van der Waals surface area contributed by atoms with Gasteiger partial charge in [0, 0.05) is 6.54 Å². The second kappa shape index (κ2) is 5.22. The molecule has 2 aliphatic heterocycles. The van der Waals surface area contributed by atoms with Gasteiger partial charge >= 0.3 is 0 Å². The Balaban J connectivity index is 0.00000180. The molecule has 0 atom stereocenters. The van der Waals surface area contributed by atoms with E-state index >= 15 is 0 Å². The van der Waals surface area contributed by atoms with Crippen molar-refractivity contribution in [2.24, 2.45) is 0 Å². The number of quaternary nitrogens is 1. The van der Waals surface area contributed by atoms with Crippen molar-refractivity contribution in [3.8, 4) is 0 Å². The lowest BCUT2D eigenvalue weighted by Gasteiger charge is -2.55. The van der Waals surface area contributed by atoms with Crippen LogP contribution in [0.2, 0.25) is 0 Å². The molecule has 5 nitrogen and oxygen atoms in total. The van der Waals surface area contributed by atoms with E-state index in [1.807, 2.05) is 25.7 Å². The first-order valence-electron chi connectivity index (χ1n) is 6.60. The summed E-state index contributed by atoms with van der Waals surface area (Å²) in [5.74, 6) is 0.599. The summed E-state index contributed by atoms with van der Waals surface area (Å²) < 4.78 is 23.8. The van der Waals surface area contributed by atoms with Gasteiger partial charge in [0.2, 0.25) is 0 Å². The topological polar surface area (TPSA) is 54.5 Å². The molecule has 0 radical (unpaired) electrons. The number of amides is 1. The monoisotopic (exact) mass is 310 g/mol. The van der Waals surface area contributed by atoms with Crippen LogP contribution in [0.5, 0.6) is 0 Å². The van der Waals surface area contributed by atoms with Crippen LogP contribution in [-0.4, -0.2) is 73.5 Å². The van der Waals surface area contributed by atoms with Gasteiger partial charge in [0.1, 0.15) is 0 Å². The molecule has 2 heterocycles. The first-order valence-corrected chi connectivity index (χ1v) is 8.42. The molecule has 112 valence electrons. The van der Waals surface area contributed by atoms with E-state index in [4.69, 9.17) is 0 Å². The largest absolute Gasteiger partial charge is 1.00 e. The molecule has 1 spiro atoms. The Bertz CT molecular complexity index is 448. The summed E-state index contributed by atoms with van der Waals surface area (Å²) in [6, 6.07) is 0. The number of halogens is 1. The summed E-state index contributed by atoms with van der Waals surface area (Å²) in [5.41, 5.74) is -0.496. The Morgan fingerprint density at radius 3 is 2.21 bits per heavy atom. The average Bonchev–Trinajstić information content (AvgIpc) is 2.30. The smallest absolute Gasteiger partial charge is 0.283 e. The van der Waals surface area contributed by atoms with Crippen molar-refractivity contribution in [2.45, 2.75) is 26.3 Å². The van der Waals surface area contributed by atoms with Crippen LogP contribution in [0.25, 0.3) is 0 Å². The maximum atomic E-state index is 12.5. The third kappa shape index (κ3) is 2.62. The van der Waals surface area contributed by atoms with Gasteiger partial charge in [-0.25, -0.2) is 8.42 Å². The van der Waals surface area contributed by atoms with Crippen molar-refractivity contribution in [1.29, 1.82) is 0 Å². The van der Waals surface area contributed by atoms with E-state index in [1.54, 1.807) is 0 Å². The number of rotatable bonds is 1. The molecule has 0 aromatic rings. The second-order valence-electron chi connectivity index (χ2n) is 5.91. The molecule has 0 aromatic carbocycles. The van der Waals surface area contributed by atoms with Gasteiger partial charge in [0.05, 0.1) is 37.7 Å². The van der Waals surface area contributed by atoms with Crippen LogP contribution in [-0.2, 0) is 14.6 Å². The van der Waals surface area contributed by atoms with Crippen LogP contribution in [0.3, 0.4) is 0 Å². The summed E-state index contributed by atoms with van der Waals surface area (Å²) in [7, 11) is -2.89. The summed E-state index contributed by atoms with van der Waals surface area (Å²) in [5, 5.41) is 0. The lowest BCUT2D eigenvalue weighted by Crippen LogP contribution is -3.00. The fraction of sp³-hybridized carbons (Fsp3) is 0.917. The first-order chi connectivity index (χ1) is 8.24. The van der Waals surface area contributed by atoms with Crippen molar-refractivity contribution in [2.75, 3.05) is 44.2 Å². The molecule has 1 amide bonds. The fourth-order valence-electron chi connectivity index (χ4n) is 3.21. The standard InChI is InChI=1S/C12H23N2O3S.ClH/c1-4-13-5-6-14(12(2,3)11(13)15)7-9-18(16,17)10-8-14;/h4-10H2,1-3H3;1H/q+1;/p-1. The van der Waals surface area contributed by atoms with Gasteiger partial charge in [0.15, 0.2) is 15.4 Å². The quantitative estimate of drug-likeness (QED) is 0.482. The molecule has 0 saturated carbocycles. The van der Waals surface area contributed by atoms with Gasteiger partial charge in [-0.1, -0.05) is 0 Å². The summed E-state index contributed by atoms with van der Waals surface area (Å²) in [6.45, 7) is 9.45. The van der Waals surface area contributed by atoms with E-state index in [2.05, 4.69) is 0 Å². The Morgan fingerprint density at radius 2 is 1.74 bits per heavy atom. The fourth-order valence-corrected chi connectivity index (χ4v) is 4.67.